The van der Waals surface area contributed by atoms with Crippen LogP contribution in [0.25, 0.3) is 0 Å². The van der Waals surface area contributed by atoms with E-state index in [0.717, 1.165) is 12.1 Å². The molecule has 0 aliphatic heterocycles. The molecule has 1 aromatic rings. The van der Waals surface area contributed by atoms with Crippen LogP contribution in [0.4, 0.5) is 0 Å². The molecule has 1 fully saturated rings. The zero-order chi connectivity index (χ0) is 13.9. The van der Waals surface area contributed by atoms with Gasteiger partial charge < -0.3 is 5.11 Å². The van der Waals surface area contributed by atoms with Crippen molar-refractivity contribution >= 4 is 10.3 Å². The lowest BCUT2D eigenvalue weighted by Crippen LogP contribution is -2.24. The van der Waals surface area contributed by atoms with Gasteiger partial charge in [-0.25, -0.2) is 15.1 Å². The first-order valence-corrected chi connectivity index (χ1v) is 7.51. The van der Waals surface area contributed by atoms with Gasteiger partial charge in [0.25, 0.3) is 0 Å². The molecule has 3 atom stereocenters. The van der Waals surface area contributed by atoms with Gasteiger partial charge in [0.15, 0.2) is 0 Å². The number of hydrogen-bond donors (Lipinski definition) is 2. The molecule has 3 N–H and O–H groups in total. The third-order valence-corrected chi connectivity index (χ3v) is 3.81. The third kappa shape index (κ3) is 4.50. The minimum Gasteiger partial charge on any atom is -0.393 e. The van der Waals surface area contributed by atoms with Crippen molar-refractivity contribution < 1.29 is 17.7 Å². The van der Waals surface area contributed by atoms with E-state index in [2.05, 4.69) is 14.2 Å². The van der Waals surface area contributed by atoms with E-state index in [-0.39, 0.29) is 18.4 Å². The fourth-order valence-electron chi connectivity index (χ4n) is 2.48. The minimum absolute atomic E-state index is 0.0692. The molecule has 0 spiro atoms. The Bertz CT molecular complexity index is 508. The average Bonchev–Trinajstić information content (AvgIpc) is 2.67. The Balaban J connectivity index is 1.87. The molecule has 8 heteroatoms. The molecule has 0 amide bonds. The molecule has 0 bridgehead atoms. The van der Waals surface area contributed by atoms with E-state index in [9.17, 15) is 13.5 Å². The third-order valence-electron chi connectivity index (χ3n) is 3.34. The van der Waals surface area contributed by atoms with Gasteiger partial charge in [-0.1, -0.05) is 0 Å². The normalized spacial score (nSPS) is 27.6. The highest BCUT2D eigenvalue weighted by Gasteiger charge is 2.34. The lowest BCUT2D eigenvalue weighted by atomic mass is 10.00. The van der Waals surface area contributed by atoms with Gasteiger partial charge in [-0.2, -0.15) is 8.42 Å². The number of aliphatic hydroxyl groups excluding tert-OH is 1. The Morgan fingerprint density at radius 3 is 2.89 bits per heavy atom. The molecule has 0 saturated heterocycles. The molecule has 2 rings (SSSR count). The highest BCUT2D eigenvalue weighted by Crippen LogP contribution is 2.33. The summed E-state index contributed by atoms with van der Waals surface area (Å²) >= 11 is 0. The maximum atomic E-state index is 10.7. The van der Waals surface area contributed by atoms with Crippen molar-refractivity contribution in [2.24, 2.45) is 17.0 Å². The van der Waals surface area contributed by atoms with Gasteiger partial charge in [0.2, 0.25) is 0 Å². The van der Waals surface area contributed by atoms with Gasteiger partial charge in [-0.3, -0.25) is 4.18 Å². The second-order valence-electron chi connectivity index (χ2n) is 4.85. The van der Waals surface area contributed by atoms with Crippen molar-refractivity contribution in [2.45, 2.75) is 25.4 Å². The summed E-state index contributed by atoms with van der Waals surface area (Å²) in [5, 5.41) is 14.7. The van der Waals surface area contributed by atoms with E-state index in [0.29, 0.717) is 12.8 Å². The van der Waals surface area contributed by atoms with Crippen LogP contribution in [0.3, 0.4) is 0 Å². The molecule has 1 aliphatic carbocycles. The average molecular weight is 287 g/mol. The maximum absolute atomic E-state index is 10.7. The Hall–Kier alpha value is -1.09. The lowest BCUT2D eigenvalue weighted by molar-refractivity contribution is 0.100. The lowest BCUT2D eigenvalue weighted by Gasteiger charge is -2.12. The summed E-state index contributed by atoms with van der Waals surface area (Å²) < 4.78 is 26.0. The quantitative estimate of drug-likeness (QED) is 0.763. The Morgan fingerprint density at radius 1 is 1.47 bits per heavy atom. The standard InChI is InChI=1S/C11H17N3O4S/c12-19(16,17)18-6-9-3-8(5-11(9)15)4-10-1-2-13-7-14-10/h1-2,7-9,11,15H,3-6H2,(H2,12,16,17)/t8-,9-,11-/m0/s1. The van der Waals surface area contributed by atoms with Crippen LogP contribution in [-0.2, 0) is 20.9 Å². The van der Waals surface area contributed by atoms with Crippen LogP contribution in [0.1, 0.15) is 18.5 Å². The monoisotopic (exact) mass is 287 g/mol. The second kappa shape index (κ2) is 5.91. The van der Waals surface area contributed by atoms with Gasteiger partial charge in [0, 0.05) is 17.8 Å². The summed E-state index contributed by atoms with van der Waals surface area (Å²) in [6, 6.07) is 1.83. The van der Waals surface area contributed by atoms with Crippen molar-refractivity contribution in [1.29, 1.82) is 0 Å². The van der Waals surface area contributed by atoms with E-state index >= 15 is 0 Å². The van der Waals surface area contributed by atoms with E-state index < -0.39 is 16.4 Å². The molecule has 1 saturated carbocycles. The van der Waals surface area contributed by atoms with Gasteiger partial charge in [0.1, 0.15) is 6.33 Å². The van der Waals surface area contributed by atoms with Gasteiger partial charge in [-0.05, 0) is 31.2 Å². The fourth-order valence-corrected chi connectivity index (χ4v) is 2.84. The van der Waals surface area contributed by atoms with Crippen LogP contribution < -0.4 is 5.14 Å². The van der Waals surface area contributed by atoms with E-state index in [1.807, 2.05) is 6.07 Å². The summed E-state index contributed by atoms with van der Waals surface area (Å²) in [5.41, 5.74) is 0.917. The van der Waals surface area contributed by atoms with E-state index in [1.54, 1.807) is 6.20 Å². The molecule has 106 valence electrons. The summed E-state index contributed by atoms with van der Waals surface area (Å²) in [7, 11) is -3.94. The van der Waals surface area contributed by atoms with Crippen molar-refractivity contribution in [3.8, 4) is 0 Å². The number of nitrogens with zero attached hydrogens (tertiary/aromatic N) is 2. The number of rotatable bonds is 5. The maximum Gasteiger partial charge on any atom is 0.333 e. The van der Waals surface area contributed by atoms with Crippen molar-refractivity contribution in [1.82, 2.24) is 9.97 Å². The van der Waals surface area contributed by atoms with E-state index in [4.69, 9.17) is 5.14 Å². The molecular formula is C11H17N3O4S. The second-order valence-corrected chi connectivity index (χ2v) is 6.07. The fraction of sp³-hybridized carbons (Fsp3) is 0.636. The minimum atomic E-state index is -3.94. The smallest absolute Gasteiger partial charge is 0.333 e. The van der Waals surface area contributed by atoms with Crippen molar-refractivity contribution in [2.75, 3.05) is 6.61 Å². The molecule has 0 aromatic carbocycles. The molecule has 1 aliphatic rings. The summed E-state index contributed by atoms with van der Waals surface area (Å²) in [5.74, 6) is 0.0594. The van der Waals surface area contributed by atoms with E-state index in [1.165, 1.54) is 6.33 Å². The van der Waals surface area contributed by atoms with Crippen LogP contribution >= 0.6 is 0 Å². The zero-order valence-corrected chi connectivity index (χ0v) is 11.2. The molecule has 0 unspecified atom stereocenters. The highest BCUT2D eigenvalue weighted by molar-refractivity contribution is 7.84. The summed E-state index contributed by atoms with van der Waals surface area (Å²) in [4.78, 5) is 7.98. The number of hydrogen-bond acceptors (Lipinski definition) is 6. The summed E-state index contributed by atoms with van der Waals surface area (Å²) in [6.45, 7) is -0.0692. The van der Waals surface area contributed by atoms with Gasteiger partial charge in [0.05, 0.1) is 12.7 Å². The molecule has 0 radical (unpaired) electrons. The predicted octanol–water partition coefficient (Wildman–Crippen LogP) is -0.374. The molecule has 1 heterocycles. The largest absolute Gasteiger partial charge is 0.393 e. The SMILES string of the molecule is NS(=O)(=O)OC[C@@H]1C[C@@H](Cc2ccncn2)C[C@@H]1O. The highest BCUT2D eigenvalue weighted by atomic mass is 32.2. The molecular weight excluding hydrogens is 270 g/mol. The molecule has 1 aromatic heterocycles. The van der Waals surface area contributed by atoms with Crippen LogP contribution in [0.2, 0.25) is 0 Å². The van der Waals surface area contributed by atoms with Crippen LogP contribution in [0, 0.1) is 11.8 Å². The van der Waals surface area contributed by atoms with Crippen LogP contribution in [0.15, 0.2) is 18.6 Å². The topological polar surface area (TPSA) is 115 Å². The zero-order valence-electron chi connectivity index (χ0n) is 10.3. The molecule has 7 nitrogen and oxygen atoms in total. The number of nitrogens with two attached hydrogens (primary N) is 1. The van der Waals surface area contributed by atoms with Crippen LogP contribution in [0.5, 0.6) is 0 Å². The van der Waals surface area contributed by atoms with Gasteiger partial charge in [-0.15, -0.1) is 0 Å². The Kier molecular flexibility index (Phi) is 4.46. The number of aromatic nitrogens is 2. The first-order chi connectivity index (χ1) is 8.94. The van der Waals surface area contributed by atoms with Crippen molar-refractivity contribution in [3.05, 3.63) is 24.3 Å². The predicted molar refractivity (Wildman–Crippen MR) is 67.0 cm³/mol. The first-order valence-electron chi connectivity index (χ1n) is 6.04. The van der Waals surface area contributed by atoms with Gasteiger partial charge >= 0.3 is 10.3 Å². The molecule has 19 heavy (non-hydrogen) atoms. The van der Waals surface area contributed by atoms with Crippen LogP contribution in [-0.4, -0.2) is 36.2 Å². The van der Waals surface area contributed by atoms with Crippen molar-refractivity contribution in [3.63, 3.8) is 0 Å². The Morgan fingerprint density at radius 2 is 2.26 bits per heavy atom. The Labute approximate surface area is 112 Å². The number of aliphatic hydroxyl groups is 1. The summed E-state index contributed by atoms with van der Waals surface area (Å²) in [6.07, 6.45) is 4.65. The first kappa shape index (κ1) is 14.3.